The molecule has 0 aliphatic carbocycles. The SMILES string of the molecule is CC.CC.CCC(C)CC.CCC(C)COC(C)F. The van der Waals surface area contributed by atoms with Crippen LogP contribution in [-0.2, 0) is 4.74 Å². The Morgan fingerprint density at radius 2 is 1.05 bits per heavy atom. The smallest absolute Gasteiger partial charge is 0.195 e. The second-order valence-corrected chi connectivity index (χ2v) is 4.31. The van der Waals surface area contributed by atoms with Crippen LogP contribution in [0.25, 0.3) is 0 Å². The van der Waals surface area contributed by atoms with E-state index in [0.29, 0.717) is 12.5 Å². The van der Waals surface area contributed by atoms with Crippen LogP contribution in [0.15, 0.2) is 0 Å². The molecule has 2 unspecified atom stereocenters. The molecule has 0 amide bonds. The van der Waals surface area contributed by atoms with Crippen molar-refractivity contribution in [2.24, 2.45) is 11.8 Å². The minimum Gasteiger partial charge on any atom is -0.348 e. The van der Waals surface area contributed by atoms with Gasteiger partial charge in [-0.25, -0.2) is 4.39 Å². The maximum atomic E-state index is 12.0. The van der Waals surface area contributed by atoms with Crippen molar-refractivity contribution in [1.29, 1.82) is 0 Å². The fourth-order valence-corrected chi connectivity index (χ4v) is 0.703. The molecule has 0 radical (unpaired) electrons. The Kier molecular flexibility index (Phi) is 38.0. The molecule has 0 aromatic carbocycles. The number of hydrogen-bond donors (Lipinski definition) is 0. The topological polar surface area (TPSA) is 9.23 Å². The molecule has 0 fully saturated rings. The number of rotatable bonds is 6. The Balaban J connectivity index is -0.0000000977. The first kappa shape index (κ1) is 27.3. The van der Waals surface area contributed by atoms with Crippen LogP contribution in [0.1, 0.15) is 88.5 Å². The molecular weight excluding hydrogens is 239 g/mol. The second-order valence-electron chi connectivity index (χ2n) is 4.31. The fraction of sp³-hybridized carbons (Fsp3) is 1.00. The Bertz CT molecular complexity index is 112. The van der Waals surface area contributed by atoms with Gasteiger partial charge in [0, 0.05) is 0 Å². The quantitative estimate of drug-likeness (QED) is 0.516. The lowest BCUT2D eigenvalue weighted by molar-refractivity contribution is -0.0384. The standard InChI is InChI=1S/C7H15FO.C6H14.2C2H6/c1-4-6(2)5-9-7(3)8;1-4-6(3)5-2;2*1-2/h6-7H,4-5H2,1-3H3;6H,4-5H2,1-3H3;2*1-2H3. The molecule has 2 atom stereocenters. The Hall–Kier alpha value is -0.110. The third-order valence-electron chi connectivity index (χ3n) is 2.70. The number of ether oxygens (including phenoxy) is 1. The van der Waals surface area contributed by atoms with E-state index in [2.05, 4.69) is 27.7 Å². The predicted molar refractivity (Wildman–Crippen MR) is 88.4 cm³/mol. The van der Waals surface area contributed by atoms with Gasteiger partial charge in [0.1, 0.15) is 0 Å². The summed E-state index contributed by atoms with van der Waals surface area (Å²) in [6.45, 7) is 20.8. The maximum absolute atomic E-state index is 12.0. The zero-order valence-corrected chi connectivity index (χ0v) is 15.3. The van der Waals surface area contributed by atoms with Gasteiger partial charge in [-0.15, -0.1) is 0 Å². The van der Waals surface area contributed by atoms with Crippen LogP contribution in [-0.4, -0.2) is 13.0 Å². The molecule has 0 aliphatic heterocycles. The van der Waals surface area contributed by atoms with Crippen LogP contribution in [0.4, 0.5) is 4.39 Å². The molecule has 1 nitrogen and oxygen atoms in total. The lowest BCUT2D eigenvalue weighted by Gasteiger charge is -2.09. The summed E-state index contributed by atoms with van der Waals surface area (Å²) in [6.07, 6.45) is 2.60. The first-order valence-corrected chi connectivity index (χ1v) is 8.23. The lowest BCUT2D eigenvalue weighted by Crippen LogP contribution is -2.08. The number of hydrogen-bond acceptors (Lipinski definition) is 1. The summed E-state index contributed by atoms with van der Waals surface area (Å²) in [5.41, 5.74) is 0. The largest absolute Gasteiger partial charge is 0.348 e. The highest BCUT2D eigenvalue weighted by molar-refractivity contribution is 4.45. The van der Waals surface area contributed by atoms with Crippen LogP contribution in [0, 0.1) is 11.8 Å². The summed E-state index contributed by atoms with van der Waals surface area (Å²) in [7, 11) is 0. The predicted octanol–water partition coefficient (Wildman–Crippen LogP) is 6.86. The summed E-state index contributed by atoms with van der Waals surface area (Å²) in [6, 6.07) is 0. The van der Waals surface area contributed by atoms with Gasteiger partial charge in [0.15, 0.2) is 6.36 Å². The van der Waals surface area contributed by atoms with E-state index >= 15 is 0 Å². The zero-order valence-electron chi connectivity index (χ0n) is 15.3. The highest BCUT2D eigenvalue weighted by Gasteiger charge is 2.01. The van der Waals surface area contributed by atoms with Gasteiger partial charge in [-0.05, 0) is 18.8 Å². The molecule has 0 saturated heterocycles. The van der Waals surface area contributed by atoms with Crippen molar-refractivity contribution in [3.05, 3.63) is 0 Å². The number of alkyl halides is 1. The van der Waals surface area contributed by atoms with Gasteiger partial charge < -0.3 is 4.74 Å². The monoisotopic (exact) mass is 280 g/mol. The third kappa shape index (κ3) is 38.1. The van der Waals surface area contributed by atoms with Crippen LogP contribution in [0.3, 0.4) is 0 Å². The van der Waals surface area contributed by atoms with E-state index < -0.39 is 6.36 Å². The molecule has 0 rings (SSSR count). The van der Waals surface area contributed by atoms with E-state index in [9.17, 15) is 4.39 Å². The Labute approximate surface area is 123 Å². The molecular formula is C17H41FO. The minimum absolute atomic E-state index is 0.475. The van der Waals surface area contributed by atoms with Crippen molar-refractivity contribution < 1.29 is 9.13 Å². The summed E-state index contributed by atoms with van der Waals surface area (Å²) >= 11 is 0. The molecule has 0 N–H and O–H groups in total. The van der Waals surface area contributed by atoms with Crippen molar-refractivity contribution in [2.45, 2.75) is 94.9 Å². The van der Waals surface area contributed by atoms with Crippen molar-refractivity contribution in [3.63, 3.8) is 0 Å². The van der Waals surface area contributed by atoms with Gasteiger partial charge in [0.05, 0.1) is 6.61 Å². The summed E-state index contributed by atoms with van der Waals surface area (Å²) in [5, 5.41) is 0. The lowest BCUT2D eigenvalue weighted by atomic mass is 10.1. The highest BCUT2D eigenvalue weighted by Crippen LogP contribution is 2.03. The van der Waals surface area contributed by atoms with Gasteiger partial charge in [-0.1, -0.05) is 81.6 Å². The van der Waals surface area contributed by atoms with Crippen molar-refractivity contribution in [1.82, 2.24) is 0 Å². The summed E-state index contributed by atoms with van der Waals surface area (Å²) < 4.78 is 16.7. The molecule has 0 aromatic heterocycles. The van der Waals surface area contributed by atoms with Gasteiger partial charge in [0.2, 0.25) is 0 Å². The summed E-state index contributed by atoms with van der Waals surface area (Å²) in [4.78, 5) is 0. The van der Waals surface area contributed by atoms with Gasteiger partial charge in [-0.2, -0.15) is 0 Å². The highest BCUT2D eigenvalue weighted by atomic mass is 19.1. The molecule has 0 saturated carbocycles. The van der Waals surface area contributed by atoms with Crippen LogP contribution in [0.5, 0.6) is 0 Å². The fourth-order valence-electron chi connectivity index (χ4n) is 0.703. The van der Waals surface area contributed by atoms with Gasteiger partial charge in [0.25, 0.3) is 0 Å². The van der Waals surface area contributed by atoms with Crippen LogP contribution < -0.4 is 0 Å². The first-order valence-electron chi connectivity index (χ1n) is 8.23. The van der Waals surface area contributed by atoms with E-state index in [-0.39, 0.29) is 0 Å². The average molecular weight is 281 g/mol. The molecule has 0 aliphatic rings. The van der Waals surface area contributed by atoms with Gasteiger partial charge >= 0.3 is 0 Å². The zero-order chi connectivity index (χ0) is 16.3. The third-order valence-corrected chi connectivity index (χ3v) is 2.70. The minimum atomic E-state index is -1.11. The van der Waals surface area contributed by atoms with Gasteiger partial charge in [-0.3, -0.25) is 0 Å². The molecule has 19 heavy (non-hydrogen) atoms. The van der Waals surface area contributed by atoms with E-state index in [1.54, 1.807) is 0 Å². The van der Waals surface area contributed by atoms with Crippen molar-refractivity contribution in [2.75, 3.05) is 6.61 Å². The van der Waals surface area contributed by atoms with Crippen LogP contribution in [0.2, 0.25) is 0 Å². The Morgan fingerprint density at radius 3 is 1.21 bits per heavy atom. The Morgan fingerprint density at radius 1 is 0.737 bits per heavy atom. The van der Waals surface area contributed by atoms with Crippen LogP contribution >= 0.6 is 0 Å². The average Bonchev–Trinajstić information content (AvgIpc) is 2.48. The first-order chi connectivity index (χ1) is 8.97. The van der Waals surface area contributed by atoms with E-state index in [1.165, 1.54) is 19.8 Å². The molecule has 122 valence electrons. The van der Waals surface area contributed by atoms with Crippen molar-refractivity contribution >= 4 is 0 Å². The summed E-state index contributed by atoms with van der Waals surface area (Å²) in [5.74, 6) is 1.41. The van der Waals surface area contributed by atoms with E-state index in [4.69, 9.17) is 4.74 Å². The molecule has 0 spiro atoms. The van der Waals surface area contributed by atoms with E-state index in [0.717, 1.165) is 12.3 Å². The molecule has 2 heteroatoms. The van der Waals surface area contributed by atoms with E-state index in [1.807, 2.05) is 34.6 Å². The molecule has 0 heterocycles. The second kappa shape index (κ2) is 26.5. The maximum Gasteiger partial charge on any atom is 0.195 e. The number of halogens is 1. The van der Waals surface area contributed by atoms with Crippen molar-refractivity contribution in [3.8, 4) is 0 Å². The molecule has 0 bridgehead atoms. The molecule has 0 aromatic rings. The normalized spacial score (nSPS) is 12.0.